The van der Waals surface area contributed by atoms with E-state index in [1.165, 1.54) is 0 Å². The van der Waals surface area contributed by atoms with Crippen LogP contribution in [0.2, 0.25) is 0 Å². The Labute approximate surface area is 98.4 Å². The maximum atomic E-state index is 11.4. The Hall–Kier alpha value is -1.97. The second kappa shape index (κ2) is 3.52. The number of fused-ring (bicyclic) bond motifs is 3. The van der Waals surface area contributed by atoms with E-state index in [1.807, 2.05) is 6.07 Å². The third-order valence-corrected chi connectivity index (χ3v) is 3.53. The maximum Gasteiger partial charge on any atom is 0.226 e. The molecule has 0 bridgehead atoms. The van der Waals surface area contributed by atoms with E-state index in [0.29, 0.717) is 0 Å². The third kappa shape index (κ3) is 1.48. The van der Waals surface area contributed by atoms with E-state index in [4.69, 9.17) is 5.73 Å². The number of rotatable bonds is 1. The van der Waals surface area contributed by atoms with Crippen LogP contribution < -0.4 is 5.73 Å². The molecule has 1 aliphatic carbocycles. The highest BCUT2D eigenvalue weighted by atomic mass is 16.3. The molecule has 1 aromatic carbocycles. The van der Waals surface area contributed by atoms with Gasteiger partial charge < -0.3 is 15.8 Å². The Morgan fingerprint density at radius 1 is 1.47 bits per heavy atom. The van der Waals surface area contributed by atoms with Crippen molar-refractivity contribution in [1.29, 1.82) is 0 Å². The summed E-state index contributed by atoms with van der Waals surface area (Å²) in [6.07, 6.45) is 2.70. The number of benzene rings is 1. The number of phenols is 1. The highest BCUT2D eigenvalue weighted by Crippen LogP contribution is 2.36. The molecule has 0 saturated heterocycles. The summed E-state index contributed by atoms with van der Waals surface area (Å²) in [6, 6.07) is 5.22. The minimum absolute atomic E-state index is 0.215. The summed E-state index contributed by atoms with van der Waals surface area (Å²) in [4.78, 5) is 14.7. The molecule has 1 amide bonds. The quantitative estimate of drug-likeness (QED) is 0.698. The molecular formula is C13H14N2O2. The molecule has 4 N–H and O–H groups in total. The van der Waals surface area contributed by atoms with Crippen molar-refractivity contribution < 1.29 is 9.90 Å². The van der Waals surface area contributed by atoms with Crippen molar-refractivity contribution in [3.63, 3.8) is 0 Å². The van der Waals surface area contributed by atoms with Gasteiger partial charge >= 0.3 is 0 Å². The number of hydrogen-bond donors (Lipinski definition) is 3. The van der Waals surface area contributed by atoms with E-state index >= 15 is 0 Å². The van der Waals surface area contributed by atoms with Crippen molar-refractivity contribution in [2.75, 3.05) is 0 Å². The second-order valence-corrected chi connectivity index (χ2v) is 4.59. The number of nitrogens with two attached hydrogens (primary N) is 1. The van der Waals surface area contributed by atoms with Crippen LogP contribution in [0.3, 0.4) is 0 Å². The number of aromatic amines is 1. The fourth-order valence-corrected chi connectivity index (χ4v) is 2.74. The molecule has 1 heterocycles. The first kappa shape index (κ1) is 10.2. The zero-order valence-corrected chi connectivity index (χ0v) is 9.36. The fraction of sp³-hybridized carbons (Fsp3) is 0.308. The van der Waals surface area contributed by atoms with Gasteiger partial charge in [-0.15, -0.1) is 0 Å². The Balaban J connectivity index is 2.25. The number of amides is 1. The summed E-state index contributed by atoms with van der Waals surface area (Å²) in [5.41, 5.74) is 8.45. The number of aryl methyl sites for hydroxylation is 1. The number of primary amides is 1. The van der Waals surface area contributed by atoms with Gasteiger partial charge in [-0.3, -0.25) is 4.79 Å². The summed E-state index contributed by atoms with van der Waals surface area (Å²) >= 11 is 0. The molecular weight excluding hydrogens is 216 g/mol. The summed E-state index contributed by atoms with van der Waals surface area (Å²) in [5.74, 6) is -0.240. The predicted molar refractivity (Wildman–Crippen MR) is 64.8 cm³/mol. The van der Waals surface area contributed by atoms with Crippen molar-refractivity contribution in [1.82, 2.24) is 4.98 Å². The van der Waals surface area contributed by atoms with Gasteiger partial charge in [0.25, 0.3) is 0 Å². The first-order valence-electron chi connectivity index (χ1n) is 5.79. The van der Waals surface area contributed by atoms with Crippen LogP contribution >= 0.6 is 0 Å². The SMILES string of the molecule is NC(=O)C1CCCc2c1[nH]c1ccc(O)cc21. The first-order valence-corrected chi connectivity index (χ1v) is 5.79. The average Bonchev–Trinajstić information content (AvgIpc) is 2.66. The molecule has 4 nitrogen and oxygen atoms in total. The number of hydrogen-bond acceptors (Lipinski definition) is 2. The van der Waals surface area contributed by atoms with Crippen molar-refractivity contribution >= 4 is 16.8 Å². The number of carbonyl (C=O) groups excluding carboxylic acids is 1. The van der Waals surface area contributed by atoms with Gasteiger partial charge in [0, 0.05) is 16.6 Å². The van der Waals surface area contributed by atoms with E-state index in [9.17, 15) is 9.90 Å². The molecule has 1 aliphatic rings. The number of nitrogens with one attached hydrogen (secondary N) is 1. The number of aromatic hydroxyl groups is 1. The van der Waals surface area contributed by atoms with Gasteiger partial charge in [0.05, 0.1) is 5.92 Å². The summed E-state index contributed by atoms with van der Waals surface area (Å²) < 4.78 is 0. The summed E-state index contributed by atoms with van der Waals surface area (Å²) in [7, 11) is 0. The number of phenolic OH excluding ortho intramolecular Hbond substituents is 1. The molecule has 0 spiro atoms. The molecule has 17 heavy (non-hydrogen) atoms. The van der Waals surface area contributed by atoms with Gasteiger partial charge in [0.15, 0.2) is 0 Å². The molecule has 1 aromatic heterocycles. The summed E-state index contributed by atoms with van der Waals surface area (Å²) in [6.45, 7) is 0. The van der Waals surface area contributed by atoms with Crippen LogP contribution in [0.1, 0.15) is 30.0 Å². The van der Waals surface area contributed by atoms with E-state index in [-0.39, 0.29) is 17.6 Å². The highest BCUT2D eigenvalue weighted by molar-refractivity contribution is 5.90. The number of H-pyrrole nitrogens is 1. The molecule has 0 radical (unpaired) electrons. The van der Waals surface area contributed by atoms with Crippen LogP contribution in [0.15, 0.2) is 18.2 Å². The molecule has 1 unspecified atom stereocenters. The molecule has 2 aromatic rings. The zero-order valence-electron chi connectivity index (χ0n) is 9.36. The van der Waals surface area contributed by atoms with Crippen LogP contribution in [0.25, 0.3) is 10.9 Å². The van der Waals surface area contributed by atoms with Crippen LogP contribution in [0, 0.1) is 0 Å². The van der Waals surface area contributed by atoms with E-state index in [0.717, 1.165) is 41.4 Å². The van der Waals surface area contributed by atoms with Crippen molar-refractivity contribution in [3.8, 4) is 5.75 Å². The first-order chi connectivity index (χ1) is 8.16. The Bertz CT molecular complexity index is 601. The van der Waals surface area contributed by atoms with Gasteiger partial charge in [-0.1, -0.05) is 0 Å². The Morgan fingerprint density at radius 3 is 3.06 bits per heavy atom. The smallest absolute Gasteiger partial charge is 0.226 e. The van der Waals surface area contributed by atoms with E-state index in [2.05, 4.69) is 4.98 Å². The highest BCUT2D eigenvalue weighted by Gasteiger charge is 2.27. The van der Waals surface area contributed by atoms with Gasteiger partial charge in [0.2, 0.25) is 5.91 Å². The molecule has 0 aliphatic heterocycles. The normalized spacial score (nSPS) is 19.2. The third-order valence-electron chi connectivity index (χ3n) is 3.53. The predicted octanol–water partition coefficient (Wildman–Crippen LogP) is 1.78. The average molecular weight is 230 g/mol. The van der Waals surface area contributed by atoms with Gasteiger partial charge in [-0.25, -0.2) is 0 Å². The lowest BCUT2D eigenvalue weighted by Crippen LogP contribution is -2.24. The second-order valence-electron chi connectivity index (χ2n) is 4.59. The van der Waals surface area contributed by atoms with E-state index in [1.54, 1.807) is 12.1 Å². The lowest BCUT2D eigenvalue weighted by Gasteiger charge is -2.19. The van der Waals surface area contributed by atoms with Crippen LogP contribution in [0.4, 0.5) is 0 Å². The largest absolute Gasteiger partial charge is 0.508 e. The lowest BCUT2D eigenvalue weighted by atomic mass is 9.86. The Morgan fingerprint density at radius 2 is 2.29 bits per heavy atom. The number of carbonyl (C=O) groups is 1. The minimum Gasteiger partial charge on any atom is -0.508 e. The van der Waals surface area contributed by atoms with Crippen LogP contribution in [0.5, 0.6) is 5.75 Å². The molecule has 88 valence electrons. The standard InChI is InChI=1S/C13H14N2O2/c14-13(17)9-3-1-2-8-10-6-7(16)4-5-11(10)15-12(8)9/h4-6,9,15-16H,1-3H2,(H2,14,17). The van der Waals surface area contributed by atoms with Crippen molar-refractivity contribution in [2.24, 2.45) is 5.73 Å². The molecule has 0 fully saturated rings. The summed E-state index contributed by atoms with van der Waals surface area (Å²) in [5, 5.41) is 10.5. The fourth-order valence-electron chi connectivity index (χ4n) is 2.74. The molecule has 1 atom stereocenters. The van der Waals surface area contributed by atoms with E-state index < -0.39 is 0 Å². The monoisotopic (exact) mass is 230 g/mol. The van der Waals surface area contributed by atoms with Gasteiger partial charge in [0.1, 0.15) is 5.75 Å². The van der Waals surface area contributed by atoms with Crippen LogP contribution in [-0.4, -0.2) is 16.0 Å². The van der Waals surface area contributed by atoms with Crippen molar-refractivity contribution in [3.05, 3.63) is 29.5 Å². The molecule has 0 saturated carbocycles. The lowest BCUT2D eigenvalue weighted by molar-refractivity contribution is -0.119. The minimum atomic E-state index is -0.276. The van der Waals surface area contributed by atoms with Crippen molar-refractivity contribution in [2.45, 2.75) is 25.2 Å². The Kier molecular flexibility index (Phi) is 2.11. The maximum absolute atomic E-state index is 11.4. The zero-order chi connectivity index (χ0) is 12.0. The molecule has 3 rings (SSSR count). The molecule has 4 heteroatoms. The van der Waals surface area contributed by atoms with Crippen LogP contribution in [-0.2, 0) is 11.2 Å². The van der Waals surface area contributed by atoms with Gasteiger partial charge in [-0.05, 0) is 43.0 Å². The van der Waals surface area contributed by atoms with Gasteiger partial charge in [-0.2, -0.15) is 0 Å². The topological polar surface area (TPSA) is 79.1 Å². The number of aromatic nitrogens is 1.